The van der Waals surface area contributed by atoms with Gasteiger partial charge < -0.3 is 15.8 Å². The van der Waals surface area contributed by atoms with Crippen LogP contribution in [0.1, 0.15) is 11.6 Å². The van der Waals surface area contributed by atoms with E-state index in [1.807, 2.05) is 0 Å². The van der Waals surface area contributed by atoms with Gasteiger partial charge in [0.2, 0.25) is 5.88 Å². The summed E-state index contributed by atoms with van der Waals surface area (Å²) in [5.41, 5.74) is 4.64. The van der Waals surface area contributed by atoms with E-state index in [1.54, 1.807) is 23.5 Å². The first kappa shape index (κ1) is 14.9. The Balaban J connectivity index is 2.66. The highest BCUT2D eigenvalue weighted by Crippen LogP contribution is 2.37. The van der Waals surface area contributed by atoms with Crippen molar-refractivity contribution in [2.75, 3.05) is 7.11 Å². The number of aromatic nitrogens is 1. The van der Waals surface area contributed by atoms with E-state index in [4.69, 9.17) is 10.5 Å². The predicted molar refractivity (Wildman–Crippen MR) is 69.8 cm³/mol. The lowest BCUT2D eigenvalue weighted by atomic mass is 10.0. The van der Waals surface area contributed by atoms with E-state index in [2.05, 4.69) is 4.98 Å². The summed E-state index contributed by atoms with van der Waals surface area (Å²) in [6, 6.07) is 2.82. The molecule has 8 heteroatoms. The molecule has 0 aliphatic carbocycles. The number of nitrogens with two attached hydrogens (primary N) is 1. The minimum Gasteiger partial charge on any atom is -0.481 e. The van der Waals surface area contributed by atoms with Gasteiger partial charge in [0.25, 0.3) is 0 Å². The SMILES string of the molecule is COc1ncc(C(NC(N)=O)C(F)(F)F)c2ccccc12. The van der Waals surface area contributed by atoms with Crippen molar-refractivity contribution < 1.29 is 22.7 Å². The summed E-state index contributed by atoms with van der Waals surface area (Å²) in [7, 11) is 1.37. The fourth-order valence-electron chi connectivity index (χ4n) is 2.06. The number of rotatable bonds is 3. The molecule has 3 N–H and O–H groups in total. The highest BCUT2D eigenvalue weighted by molar-refractivity contribution is 5.90. The second-order valence-corrected chi connectivity index (χ2v) is 4.25. The molecule has 1 aromatic heterocycles. The maximum Gasteiger partial charge on any atom is 0.413 e. The van der Waals surface area contributed by atoms with E-state index in [9.17, 15) is 18.0 Å². The van der Waals surface area contributed by atoms with Crippen LogP contribution in [0.25, 0.3) is 10.8 Å². The molecular weight excluding hydrogens is 287 g/mol. The molecule has 0 bridgehead atoms. The van der Waals surface area contributed by atoms with Gasteiger partial charge in [-0.2, -0.15) is 13.2 Å². The summed E-state index contributed by atoms with van der Waals surface area (Å²) < 4.78 is 44.5. The Kier molecular flexibility index (Phi) is 3.88. The zero-order chi connectivity index (χ0) is 15.6. The number of amides is 2. The quantitative estimate of drug-likeness (QED) is 0.914. The van der Waals surface area contributed by atoms with Gasteiger partial charge in [0, 0.05) is 17.1 Å². The monoisotopic (exact) mass is 299 g/mol. The molecule has 21 heavy (non-hydrogen) atoms. The molecule has 2 rings (SSSR count). The molecule has 0 radical (unpaired) electrons. The lowest BCUT2D eigenvalue weighted by Gasteiger charge is -2.22. The summed E-state index contributed by atoms with van der Waals surface area (Å²) in [5.74, 6) is 0.203. The Bertz CT molecular complexity index is 673. The lowest BCUT2D eigenvalue weighted by Crippen LogP contribution is -2.41. The van der Waals surface area contributed by atoms with Gasteiger partial charge in [0.15, 0.2) is 6.04 Å². The third kappa shape index (κ3) is 2.99. The molecule has 2 amide bonds. The summed E-state index contributed by atoms with van der Waals surface area (Å²) in [6.07, 6.45) is -3.68. The minimum atomic E-state index is -4.70. The summed E-state index contributed by atoms with van der Waals surface area (Å²) in [5, 5.41) is 2.39. The van der Waals surface area contributed by atoms with Gasteiger partial charge >= 0.3 is 12.2 Å². The molecule has 112 valence electrons. The molecule has 1 unspecified atom stereocenters. The Morgan fingerprint density at radius 2 is 1.95 bits per heavy atom. The predicted octanol–water partition coefficient (Wildman–Crippen LogP) is 2.52. The van der Waals surface area contributed by atoms with Crippen LogP contribution < -0.4 is 15.8 Å². The van der Waals surface area contributed by atoms with Crippen LogP contribution in [0, 0.1) is 0 Å². The highest BCUT2D eigenvalue weighted by atomic mass is 19.4. The maximum atomic E-state index is 13.1. The number of carbonyl (C=O) groups is 1. The fraction of sp³-hybridized carbons (Fsp3) is 0.231. The van der Waals surface area contributed by atoms with Crippen molar-refractivity contribution in [3.63, 3.8) is 0 Å². The van der Waals surface area contributed by atoms with Crippen molar-refractivity contribution in [1.82, 2.24) is 10.3 Å². The van der Waals surface area contributed by atoms with E-state index >= 15 is 0 Å². The minimum absolute atomic E-state index is 0.197. The van der Waals surface area contributed by atoms with Gasteiger partial charge in [-0.25, -0.2) is 9.78 Å². The first-order valence-corrected chi connectivity index (χ1v) is 5.89. The van der Waals surface area contributed by atoms with Gasteiger partial charge in [0.1, 0.15) is 0 Å². The second-order valence-electron chi connectivity index (χ2n) is 4.25. The second kappa shape index (κ2) is 5.47. The van der Waals surface area contributed by atoms with Crippen LogP contribution in [0.15, 0.2) is 30.5 Å². The van der Waals surface area contributed by atoms with Crippen LogP contribution in [-0.2, 0) is 0 Å². The molecule has 0 saturated carbocycles. The molecule has 0 saturated heterocycles. The molecule has 1 heterocycles. The third-order valence-corrected chi connectivity index (χ3v) is 2.91. The number of benzene rings is 1. The number of fused-ring (bicyclic) bond motifs is 1. The molecular formula is C13H12F3N3O2. The van der Waals surface area contributed by atoms with Gasteiger partial charge in [-0.15, -0.1) is 0 Å². The zero-order valence-corrected chi connectivity index (χ0v) is 10.9. The molecule has 0 aliphatic heterocycles. The number of hydrogen-bond donors (Lipinski definition) is 2. The van der Waals surface area contributed by atoms with Crippen LogP contribution in [-0.4, -0.2) is 24.3 Å². The van der Waals surface area contributed by atoms with E-state index in [0.29, 0.717) is 5.39 Å². The highest BCUT2D eigenvalue weighted by Gasteiger charge is 2.42. The van der Waals surface area contributed by atoms with Gasteiger partial charge in [-0.3, -0.25) is 0 Å². The molecule has 0 aliphatic rings. The largest absolute Gasteiger partial charge is 0.481 e. The van der Waals surface area contributed by atoms with Crippen molar-refractivity contribution in [3.8, 4) is 5.88 Å². The van der Waals surface area contributed by atoms with Crippen molar-refractivity contribution >= 4 is 16.8 Å². The first-order valence-electron chi connectivity index (χ1n) is 5.89. The summed E-state index contributed by atoms with van der Waals surface area (Å²) in [4.78, 5) is 14.7. The number of hydrogen-bond acceptors (Lipinski definition) is 3. The number of nitrogens with one attached hydrogen (secondary N) is 1. The van der Waals surface area contributed by atoms with Crippen molar-refractivity contribution in [3.05, 3.63) is 36.0 Å². The van der Waals surface area contributed by atoms with Gasteiger partial charge in [-0.05, 0) is 11.5 Å². The van der Waals surface area contributed by atoms with Crippen LogP contribution in [0.2, 0.25) is 0 Å². The van der Waals surface area contributed by atoms with E-state index in [0.717, 1.165) is 6.20 Å². The molecule has 0 fully saturated rings. The molecule has 1 atom stereocenters. The van der Waals surface area contributed by atoms with Gasteiger partial charge in [-0.1, -0.05) is 18.2 Å². The van der Waals surface area contributed by atoms with E-state index in [-0.39, 0.29) is 16.8 Å². The number of nitrogens with zero attached hydrogens (tertiary/aromatic N) is 1. The Labute approximate surface area is 117 Å². The number of ether oxygens (including phenoxy) is 1. The number of methoxy groups -OCH3 is 1. The number of primary amides is 1. The Hall–Kier alpha value is -2.51. The first-order chi connectivity index (χ1) is 9.84. The number of carbonyl (C=O) groups excluding carboxylic acids is 1. The average molecular weight is 299 g/mol. The molecule has 1 aromatic carbocycles. The lowest BCUT2D eigenvalue weighted by molar-refractivity contribution is -0.154. The summed E-state index contributed by atoms with van der Waals surface area (Å²) >= 11 is 0. The van der Waals surface area contributed by atoms with Crippen molar-refractivity contribution in [2.45, 2.75) is 12.2 Å². The molecule has 5 nitrogen and oxygen atoms in total. The van der Waals surface area contributed by atoms with Crippen molar-refractivity contribution in [1.29, 1.82) is 0 Å². The number of alkyl halides is 3. The fourth-order valence-corrected chi connectivity index (χ4v) is 2.06. The van der Waals surface area contributed by atoms with Crippen LogP contribution >= 0.6 is 0 Å². The van der Waals surface area contributed by atoms with E-state index in [1.165, 1.54) is 13.2 Å². The topological polar surface area (TPSA) is 77.2 Å². The average Bonchev–Trinajstić information content (AvgIpc) is 2.42. The Morgan fingerprint density at radius 3 is 2.48 bits per heavy atom. The van der Waals surface area contributed by atoms with Crippen molar-refractivity contribution in [2.24, 2.45) is 5.73 Å². The normalized spacial score (nSPS) is 13.0. The maximum absolute atomic E-state index is 13.1. The van der Waals surface area contributed by atoms with Crippen LogP contribution in [0.4, 0.5) is 18.0 Å². The molecule has 2 aromatic rings. The smallest absolute Gasteiger partial charge is 0.413 e. The van der Waals surface area contributed by atoms with Crippen LogP contribution in [0.5, 0.6) is 5.88 Å². The van der Waals surface area contributed by atoms with E-state index < -0.39 is 18.2 Å². The van der Waals surface area contributed by atoms with Gasteiger partial charge in [0.05, 0.1) is 7.11 Å². The number of pyridine rings is 1. The Morgan fingerprint density at radius 1 is 1.33 bits per heavy atom. The third-order valence-electron chi connectivity index (χ3n) is 2.91. The standard InChI is InChI=1S/C13H12F3N3O2/c1-21-11-8-5-3-2-4-7(8)9(6-18-11)10(13(14,15)16)19-12(17)20/h2-6,10H,1H3,(H3,17,19,20). The number of halogens is 3. The number of urea groups is 1. The van der Waals surface area contributed by atoms with Crippen LogP contribution in [0.3, 0.4) is 0 Å². The summed E-state index contributed by atoms with van der Waals surface area (Å²) in [6.45, 7) is 0. The zero-order valence-electron chi connectivity index (χ0n) is 10.9. The molecule has 0 spiro atoms.